The Balaban J connectivity index is 1.66. The van der Waals surface area contributed by atoms with Gasteiger partial charge >= 0.3 is 0 Å². The van der Waals surface area contributed by atoms with Gasteiger partial charge in [0.15, 0.2) is 0 Å². The molecule has 0 atom stereocenters. The molecule has 0 aromatic carbocycles. The standard InChI is InChI=1S/C17H28N2/c1-2-3-4-5-6-7-8-13-17-18-14-15-11-9-10-12-16(15)19-17/h14H,2-13H2,1H3. The molecular formula is C17H28N2. The second kappa shape index (κ2) is 8.29. The van der Waals surface area contributed by atoms with E-state index in [0.29, 0.717) is 0 Å². The maximum absolute atomic E-state index is 4.75. The van der Waals surface area contributed by atoms with Gasteiger partial charge in [-0.25, -0.2) is 9.97 Å². The van der Waals surface area contributed by atoms with Crippen LogP contribution in [0.15, 0.2) is 6.20 Å². The van der Waals surface area contributed by atoms with Crippen LogP contribution in [-0.4, -0.2) is 9.97 Å². The Morgan fingerprint density at radius 1 is 0.947 bits per heavy atom. The van der Waals surface area contributed by atoms with Crippen LogP contribution in [0.25, 0.3) is 0 Å². The summed E-state index contributed by atoms with van der Waals surface area (Å²) in [6.07, 6.45) is 17.6. The van der Waals surface area contributed by atoms with Crippen molar-refractivity contribution < 1.29 is 0 Å². The first-order valence-electron chi connectivity index (χ1n) is 8.24. The van der Waals surface area contributed by atoms with Gasteiger partial charge < -0.3 is 0 Å². The lowest BCUT2D eigenvalue weighted by Gasteiger charge is -2.14. The summed E-state index contributed by atoms with van der Waals surface area (Å²) in [6.45, 7) is 2.27. The van der Waals surface area contributed by atoms with Crippen molar-refractivity contribution in [2.75, 3.05) is 0 Å². The van der Waals surface area contributed by atoms with E-state index in [4.69, 9.17) is 4.98 Å². The van der Waals surface area contributed by atoms with Gasteiger partial charge in [0, 0.05) is 18.3 Å². The van der Waals surface area contributed by atoms with Gasteiger partial charge in [-0.3, -0.25) is 0 Å². The minimum absolute atomic E-state index is 1.07. The van der Waals surface area contributed by atoms with E-state index in [0.717, 1.165) is 12.2 Å². The van der Waals surface area contributed by atoms with Crippen LogP contribution in [-0.2, 0) is 19.3 Å². The number of hydrogen-bond donors (Lipinski definition) is 0. The normalized spacial score (nSPS) is 14.4. The van der Waals surface area contributed by atoms with E-state index < -0.39 is 0 Å². The zero-order valence-electron chi connectivity index (χ0n) is 12.5. The fourth-order valence-electron chi connectivity index (χ4n) is 2.88. The monoisotopic (exact) mass is 260 g/mol. The van der Waals surface area contributed by atoms with E-state index in [2.05, 4.69) is 18.1 Å². The molecule has 1 heterocycles. The molecule has 0 N–H and O–H groups in total. The minimum atomic E-state index is 1.07. The Hall–Kier alpha value is -0.920. The number of fused-ring (bicyclic) bond motifs is 1. The summed E-state index contributed by atoms with van der Waals surface area (Å²) in [7, 11) is 0. The third-order valence-electron chi connectivity index (χ3n) is 4.12. The van der Waals surface area contributed by atoms with Crippen molar-refractivity contribution in [1.29, 1.82) is 0 Å². The van der Waals surface area contributed by atoms with E-state index in [1.54, 1.807) is 0 Å². The molecule has 1 aromatic heterocycles. The summed E-state index contributed by atoms with van der Waals surface area (Å²) < 4.78 is 0. The van der Waals surface area contributed by atoms with Crippen molar-refractivity contribution in [2.45, 2.75) is 84.0 Å². The molecule has 2 rings (SSSR count). The highest BCUT2D eigenvalue weighted by atomic mass is 14.9. The number of hydrogen-bond acceptors (Lipinski definition) is 2. The average molecular weight is 260 g/mol. The Morgan fingerprint density at radius 3 is 2.53 bits per heavy atom. The number of nitrogens with zero attached hydrogens (tertiary/aromatic N) is 2. The zero-order chi connectivity index (χ0) is 13.3. The van der Waals surface area contributed by atoms with E-state index in [1.807, 2.05) is 0 Å². The van der Waals surface area contributed by atoms with Crippen LogP contribution in [0.4, 0.5) is 0 Å². The van der Waals surface area contributed by atoms with Gasteiger partial charge in [-0.15, -0.1) is 0 Å². The number of unbranched alkanes of at least 4 members (excludes halogenated alkanes) is 6. The largest absolute Gasteiger partial charge is 0.241 e. The molecule has 1 aliphatic rings. The highest BCUT2D eigenvalue weighted by Gasteiger charge is 2.11. The number of rotatable bonds is 8. The summed E-state index contributed by atoms with van der Waals surface area (Å²) >= 11 is 0. The first-order chi connectivity index (χ1) is 9.40. The van der Waals surface area contributed by atoms with Gasteiger partial charge in [-0.1, -0.05) is 45.4 Å². The van der Waals surface area contributed by atoms with Gasteiger partial charge in [0.1, 0.15) is 5.82 Å². The lowest BCUT2D eigenvalue weighted by molar-refractivity contribution is 0.581. The molecule has 2 nitrogen and oxygen atoms in total. The molecule has 1 aliphatic carbocycles. The molecule has 0 bridgehead atoms. The molecule has 106 valence electrons. The first kappa shape index (κ1) is 14.5. The van der Waals surface area contributed by atoms with Crippen molar-refractivity contribution in [1.82, 2.24) is 9.97 Å². The molecule has 2 heteroatoms. The predicted molar refractivity (Wildman–Crippen MR) is 80.4 cm³/mol. The van der Waals surface area contributed by atoms with Crippen molar-refractivity contribution in [3.8, 4) is 0 Å². The molecule has 1 aromatic rings. The van der Waals surface area contributed by atoms with Crippen LogP contribution in [0.3, 0.4) is 0 Å². The lowest BCUT2D eigenvalue weighted by atomic mass is 9.97. The van der Waals surface area contributed by atoms with Gasteiger partial charge in [-0.05, 0) is 37.7 Å². The van der Waals surface area contributed by atoms with Crippen LogP contribution >= 0.6 is 0 Å². The molecule has 0 saturated carbocycles. The first-order valence-corrected chi connectivity index (χ1v) is 8.24. The lowest BCUT2D eigenvalue weighted by Crippen LogP contribution is -2.09. The molecule has 0 spiro atoms. The van der Waals surface area contributed by atoms with Crippen molar-refractivity contribution >= 4 is 0 Å². The van der Waals surface area contributed by atoms with Crippen LogP contribution < -0.4 is 0 Å². The summed E-state index contributed by atoms with van der Waals surface area (Å²) in [5.41, 5.74) is 2.73. The van der Waals surface area contributed by atoms with Crippen molar-refractivity contribution in [2.24, 2.45) is 0 Å². The second-order valence-corrected chi connectivity index (χ2v) is 5.84. The van der Waals surface area contributed by atoms with Crippen LogP contribution in [0.1, 0.15) is 81.8 Å². The summed E-state index contributed by atoms with van der Waals surface area (Å²) in [5.74, 6) is 1.08. The molecular weight excluding hydrogens is 232 g/mol. The van der Waals surface area contributed by atoms with Gasteiger partial charge in [0.2, 0.25) is 0 Å². The molecule has 0 aliphatic heterocycles. The second-order valence-electron chi connectivity index (χ2n) is 5.84. The van der Waals surface area contributed by atoms with E-state index in [9.17, 15) is 0 Å². The maximum Gasteiger partial charge on any atom is 0.128 e. The zero-order valence-corrected chi connectivity index (χ0v) is 12.5. The molecule has 0 amide bonds. The molecule has 0 saturated heterocycles. The molecule has 0 radical (unpaired) electrons. The Morgan fingerprint density at radius 2 is 1.68 bits per heavy atom. The molecule has 19 heavy (non-hydrogen) atoms. The van der Waals surface area contributed by atoms with Crippen LogP contribution in [0.5, 0.6) is 0 Å². The summed E-state index contributed by atoms with van der Waals surface area (Å²) in [6, 6.07) is 0. The predicted octanol–water partition coefficient (Wildman–Crippen LogP) is 4.65. The van der Waals surface area contributed by atoms with Crippen molar-refractivity contribution in [3.63, 3.8) is 0 Å². The minimum Gasteiger partial charge on any atom is -0.241 e. The van der Waals surface area contributed by atoms with Gasteiger partial charge in [-0.2, -0.15) is 0 Å². The SMILES string of the molecule is CCCCCCCCCc1ncc2c(n1)CCCC2. The smallest absolute Gasteiger partial charge is 0.128 e. The van der Waals surface area contributed by atoms with Crippen molar-refractivity contribution in [3.05, 3.63) is 23.3 Å². The van der Waals surface area contributed by atoms with Crippen LogP contribution in [0.2, 0.25) is 0 Å². The van der Waals surface area contributed by atoms with Gasteiger partial charge in [0.25, 0.3) is 0 Å². The van der Waals surface area contributed by atoms with E-state index in [-0.39, 0.29) is 0 Å². The fraction of sp³-hybridized carbons (Fsp3) is 0.765. The maximum atomic E-state index is 4.75. The van der Waals surface area contributed by atoms with E-state index in [1.165, 1.54) is 81.9 Å². The third-order valence-corrected chi connectivity index (χ3v) is 4.12. The highest BCUT2D eigenvalue weighted by molar-refractivity contribution is 5.20. The number of aryl methyl sites for hydroxylation is 3. The number of aromatic nitrogens is 2. The average Bonchev–Trinajstić information content (AvgIpc) is 2.46. The van der Waals surface area contributed by atoms with E-state index >= 15 is 0 Å². The van der Waals surface area contributed by atoms with Gasteiger partial charge in [0.05, 0.1) is 0 Å². The quantitative estimate of drug-likeness (QED) is 0.636. The Bertz CT molecular complexity index is 374. The third kappa shape index (κ3) is 4.93. The highest BCUT2D eigenvalue weighted by Crippen LogP contribution is 2.18. The molecule has 0 fully saturated rings. The summed E-state index contributed by atoms with van der Waals surface area (Å²) in [4.78, 5) is 9.28. The topological polar surface area (TPSA) is 25.8 Å². The Labute approximate surface area is 118 Å². The molecule has 0 unspecified atom stereocenters. The Kier molecular flexibility index (Phi) is 6.32. The summed E-state index contributed by atoms with van der Waals surface area (Å²) in [5, 5.41) is 0. The fourth-order valence-corrected chi connectivity index (χ4v) is 2.88. The van der Waals surface area contributed by atoms with Crippen LogP contribution in [0, 0.1) is 0 Å².